The summed E-state index contributed by atoms with van der Waals surface area (Å²) in [6, 6.07) is 7.33. The van der Waals surface area contributed by atoms with Crippen LogP contribution in [0.5, 0.6) is 0 Å². The van der Waals surface area contributed by atoms with E-state index in [2.05, 4.69) is 34.0 Å². The van der Waals surface area contributed by atoms with Crippen molar-refractivity contribution >= 4 is 23.7 Å². The van der Waals surface area contributed by atoms with E-state index in [1.807, 2.05) is 17.0 Å². The summed E-state index contributed by atoms with van der Waals surface area (Å²) in [4.78, 5) is 50.4. The Morgan fingerprint density at radius 2 is 1.87 bits per heavy atom. The Bertz CT molecular complexity index is 1460. The highest BCUT2D eigenvalue weighted by atomic mass is 16.6. The van der Waals surface area contributed by atoms with Crippen LogP contribution in [-0.2, 0) is 23.0 Å². The van der Waals surface area contributed by atoms with Gasteiger partial charge >= 0.3 is 6.09 Å². The highest BCUT2D eigenvalue weighted by Gasteiger charge is 2.38. The number of nitrogen functional groups attached to an aromatic ring is 1. The van der Waals surface area contributed by atoms with Gasteiger partial charge in [-0.05, 0) is 47.9 Å². The second-order valence-electron chi connectivity index (χ2n) is 11.1. The molecule has 39 heavy (non-hydrogen) atoms. The number of rotatable bonds is 5. The van der Waals surface area contributed by atoms with Crippen LogP contribution in [0.3, 0.4) is 0 Å². The van der Waals surface area contributed by atoms with E-state index in [4.69, 9.17) is 10.5 Å². The molecule has 0 unspecified atom stereocenters. The van der Waals surface area contributed by atoms with Crippen molar-refractivity contribution in [2.24, 2.45) is 0 Å². The van der Waals surface area contributed by atoms with Crippen LogP contribution in [-0.4, -0.2) is 80.0 Å². The van der Waals surface area contributed by atoms with Crippen molar-refractivity contribution < 1.29 is 19.1 Å². The zero-order chi connectivity index (χ0) is 27.3. The molecule has 2 fully saturated rings. The normalized spacial score (nSPS) is 18.5. The molecule has 11 heteroatoms. The average Bonchev–Trinajstić information content (AvgIpc) is 3.57. The number of ether oxygens (including phenoxy) is 1. The summed E-state index contributed by atoms with van der Waals surface area (Å²) in [6.45, 7) is 6.40. The third-order valence-corrected chi connectivity index (χ3v) is 8.01. The molecule has 0 atom stereocenters. The monoisotopic (exact) mass is 529 g/mol. The van der Waals surface area contributed by atoms with E-state index in [0.717, 1.165) is 29.5 Å². The molecule has 0 bridgehead atoms. The van der Waals surface area contributed by atoms with Crippen LogP contribution < -0.4 is 5.73 Å². The van der Waals surface area contributed by atoms with Crippen molar-refractivity contribution in [2.45, 2.75) is 51.0 Å². The second kappa shape index (κ2) is 9.48. The van der Waals surface area contributed by atoms with Crippen LogP contribution in [0.25, 0.3) is 11.4 Å². The predicted molar refractivity (Wildman–Crippen MR) is 142 cm³/mol. The van der Waals surface area contributed by atoms with Crippen molar-refractivity contribution in [2.75, 3.05) is 32.0 Å². The maximum Gasteiger partial charge on any atom is 0.410 e. The van der Waals surface area contributed by atoms with Crippen molar-refractivity contribution in [3.8, 4) is 11.4 Å². The van der Waals surface area contributed by atoms with Gasteiger partial charge in [0.05, 0.1) is 12.2 Å². The maximum absolute atomic E-state index is 13.4. The van der Waals surface area contributed by atoms with Gasteiger partial charge in [-0.15, -0.1) is 0 Å². The lowest BCUT2D eigenvalue weighted by atomic mass is 9.72. The summed E-state index contributed by atoms with van der Waals surface area (Å²) in [7, 11) is 0. The Kier molecular flexibility index (Phi) is 6.08. The maximum atomic E-state index is 13.4. The largest absolute Gasteiger partial charge is 0.448 e. The molecule has 202 valence electrons. The molecule has 2 aliphatic heterocycles. The van der Waals surface area contributed by atoms with E-state index < -0.39 is 0 Å². The third kappa shape index (κ3) is 4.51. The second-order valence-corrected chi connectivity index (χ2v) is 11.1. The van der Waals surface area contributed by atoms with Crippen LogP contribution in [0.1, 0.15) is 64.2 Å². The molecule has 0 spiro atoms. The van der Waals surface area contributed by atoms with Gasteiger partial charge in [0.25, 0.3) is 5.91 Å². The van der Waals surface area contributed by atoms with Crippen LogP contribution in [0.4, 0.5) is 10.7 Å². The predicted octanol–water partition coefficient (Wildman–Crippen LogP) is 2.76. The number of benzene rings is 1. The van der Waals surface area contributed by atoms with Gasteiger partial charge in [0.1, 0.15) is 18.0 Å². The lowest BCUT2D eigenvalue weighted by Crippen LogP contribution is -2.47. The molecule has 0 radical (unpaired) electrons. The highest BCUT2D eigenvalue weighted by molar-refractivity contribution is 5.99. The van der Waals surface area contributed by atoms with E-state index in [-0.39, 0.29) is 41.6 Å². The molecule has 4 heterocycles. The van der Waals surface area contributed by atoms with E-state index >= 15 is 0 Å². The molecule has 3 aromatic rings. The summed E-state index contributed by atoms with van der Waals surface area (Å²) in [5.74, 6) is 0.0501. The van der Waals surface area contributed by atoms with Crippen molar-refractivity contribution in [1.29, 1.82) is 0 Å². The number of hydrogen-bond donors (Lipinski definition) is 2. The fourth-order valence-electron chi connectivity index (χ4n) is 6.03. The molecule has 6 rings (SSSR count). The summed E-state index contributed by atoms with van der Waals surface area (Å²) in [5.41, 5.74) is 10.5. The number of anilines is 1. The van der Waals surface area contributed by atoms with Crippen LogP contribution >= 0.6 is 0 Å². The molecule has 3 aliphatic rings. The molecule has 11 nitrogen and oxygen atoms in total. The smallest absolute Gasteiger partial charge is 0.410 e. The van der Waals surface area contributed by atoms with Gasteiger partial charge in [0.2, 0.25) is 5.95 Å². The molecule has 2 aromatic heterocycles. The van der Waals surface area contributed by atoms with Gasteiger partial charge in [0.15, 0.2) is 5.78 Å². The van der Waals surface area contributed by atoms with Crippen molar-refractivity contribution in [1.82, 2.24) is 30.0 Å². The topological polar surface area (TPSA) is 147 Å². The van der Waals surface area contributed by atoms with E-state index in [1.54, 1.807) is 23.2 Å². The number of cyclic esters (lactones) is 1. The van der Waals surface area contributed by atoms with E-state index in [9.17, 15) is 14.4 Å². The standard InChI is InChI=1S/C28H31N7O4/c1-28(2)14-18-15-30-26(29)31-22(18)24-21(28)23(32-33-24)20(36)13-16-3-5-17(6-4-16)25(37)34-9-7-19(8-10-34)35-11-12-39-27(35)38/h3-6,15,19H,7-14H2,1-2H3,(H,32,33)(H2,29,30,31). The Labute approximate surface area is 225 Å². The summed E-state index contributed by atoms with van der Waals surface area (Å²) in [5, 5.41) is 7.41. The molecule has 2 saturated heterocycles. The van der Waals surface area contributed by atoms with Crippen LogP contribution in [0.15, 0.2) is 30.5 Å². The third-order valence-electron chi connectivity index (χ3n) is 8.01. The number of ketones is 1. The number of piperidine rings is 1. The number of aromatic amines is 1. The van der Waals surface area contributed by atoms with Crippen molar-refractivity contribution in [3.63, 3.8) is 0 Å². The Balaban J connectivity index is 1.13. The Morgan fingerprint density at radius 3 is 2.56 bits per heavy atom. The number of nitrogens with zero attached hydrogens (tertiary/aromatic N) is 5. The first kappa shape index (κ1) is 25.0. The number of fused-ring (bicyclic) bond motifs is 3. The summed E-state index contributed by atoms with van der Waals surface area (Å²) < 4.78 is 5.05. The van der Waals surface area contributed by atoms with E-state index in [1.165, 1.54) is 0 Å². The molecule has 0 saturated carbocycles. The van der Waals surface area contributed by atoms with Crippen LogP contribution in [0.2, 0.25) is 0 Å². The number of nitrogens with two attached hydrogens (primary N) is 1. The fourth-order valence-corrected chi connectivity index (χ4v) is 6.03. The molecular formula is C28H31N7O4. The van der Waals surface area contributed by atoms with Crippen molar-refractivity contribution in [3.05, 3.63) is 58.4 Å². The zero-order valence-electron chi connectivity index (χ0n) is 22.1. The van der Waals surface area contributed by atoms with Gasteiger partial charge in [-0.25, -0.2) is 14.8 Å². The van der Waals surface area contributed by atoms with Gasteiger partial charge in [-0.2, -0.15) is 5.10 Å². The number of carbonyl (C=O) groups is 3. The Hall–Kier alpha value is -4.28. The molecule has 2 amide bonds. The highest BCUT2D eigenvalue weighted by Crippen LogP contribution is 2.43. The molecular weight excluding hydrogens is 498 g/mol. The number of H-pyrrole nitrogens is 1. The zero-order valence-corrected chi connectivity index (χ0v) is 22.1. The van der Waals surface area contributed by atoms with Crippen LogP contribution in [0, 0.1) is 0 Å². The fraction of sp³-hybridized carbons (Fsp3) is 0.429. The number of carbonyl (C=O) groups excluding carboxylic acids is 3. The first-order valence-corrected chi connectivity index (χ1v) is 13.3. The van der Waals surface area contributed by atoms with Gasteiger partial charge in [0, 0.05) is 42.9 Å². The van der Waals surface area contributed by atoms with E-state index in [0.29, 0.717) is 55.3 Å². The number of likely N-dealkylation sites (tertiary alicyclic amines) is 1. The van der Waals surface area contributed by atoms with Gasteiger partial charge in [-0.3, -0.25) is 14.7 Å². The first-order valence-electron chi connectivity index (χ1n) is 13.3. The minimum atomic E-state index is -0.335. The number of amides is 2. The molecule has 3 N–H and O–H groups in total. The number of hydrogen-bond acceptors (Lipinski definition) is 8. The quantitative estimate of drug-likeness (QED) is 0.480. The lowest BCUT2D eigenvalue weighted by Gasteiger charge is -2.35. The average molecular weight is 530 g/mol. The molecule has 1 aromatic carbocycles. The van der Waals surface area contributed by atoms with Gasteiger partial charge in [-0.1, -0.05) is 26.0 Å². The summed E-state index contributed by atoms with van der Waals surface area (Å²) >= 11 is 0. The Morgan fingerprint density at radius 1 is 1.13 bits per heavy atom. The van der Waals surface area contributed by atoms with Gasteiger partial charge < -0.3 is 20.3 Å². The minimum absolute atomic E-state index is 0.0420. The summed E-state index contributed by atoms with van der Waals surface area (Å²) in [6.07, 6.45) is 3.80. The minimum Gasteiger partial charge on any atom is -0.448 e. The lowest BCUT2D eigenvalue weighted by molar-refractivity contribution is 0.0658. The SMILES string of the molecule is CC1(C)Cc2cnc(N)nc2-c2n[nH]c(C(=O)Cc3ccc(C(=O)N4CCC(N5CCOC5=O)CC4)cc3)c21. The first-order chi connectivity index (χ1) is 18.7. The number of aromatic nitrogens is 4. The number of nitrogens with one attached hydrogen (secondary N) is 1. The molecule has 1 aliphatic carbocycles. The number of Topliss-reactive ketones (excluding diaryl/α,β-unsaturated/α-hetero) is 1.